The zero-order chi connectivity index (χ0) is 19.9. The zero-order valence-corrected chi connectivity index (χ0v) is 14.8. The molecule has 0 spiro atoms. The van der Waals surface area contributed by atoms with Gasteiger partial charge in [-0.1, -0.05) is 30.3 Å². The Kier molecular flexibility index (Phi) is 5.76. The molecule has 0 atom stereocenters. The van der Waals surface area contributed by atoms with E-state index in [1.54, 1.807) is 66.9 Å². The molecular formula is C21H17N3O4. The van der Waals surface area contributed by atoms with E-state index in [2.05, 4.69) is 15.6 Å². The van der Waals surface area contributed by atoms with Crippen LogP contribution in [0.3, 0.4) is 0 Å². The van der Waals surface area contributed by atoms with Crippen molar-refractivity contribution in [1.29, 1.82) is 0 Å². The van der Waals surface area contributed by atoms with Crippen LogP contribution in [-0.4, -0.2) is 27.9 Å². The Bertz CT molecular complexity index is 1020. The van der Waals surface area contributed by atoms with Crippen LogP contribution in [0.4, 0.5) is 11.5 Å². The number of benzene rings is 2. The molecule has 0 aliphatic carbocycles. The fraction of sp³-hybridized carbons (Fsp3) is 0.0476. The lowest BCUT2D eigenvalue weighted by Crippen LogP contribution is -2.17. The number of hydrogen-bond donors (Lipinski definition) is 3. The molecule has 0 aliphatic rings. The Morgan fingerprint density at radius 2 is 1.68 bits per heavy atom. The second kappa shape index (κ2) is 8.59. The summed E-state index contributed by atoms with van der Waals surface area (Å²) in [7, 11) is 0. The molecule has 7 heteroatoms. The number of carbonyl (C=O) groups is 3. The largest absolute Gasteiger partial charge is 0.478 e. The van der Waals surface area contributed by atoms with E-state index in [1.165, 1.54) is 6.07 Å². The summed E-state index contributed by atoms with van der Waals surface area (Å²) in [5.41, 5.74) is 1.29. The molecule has 140 valence electrons. The molecule has 0 fully saturated rings. The number of carboxylic acids is 1. The predicted octanol–water partition coefficient (Wildman–Crippen LogP) is 3.21. The third-order valence-corrected chi connectivity index (χ3v) is 3.91. The summed E-state index contributed by atoms with van der Waals surface area (Å²) in [5, 5.41) is 14.6. The Morgan fingerprint density at radius 1 is 0.893 bits per heavy atom. The van der Waals surface area contributed by atoms with Gasteiger partial charge >= 0.3 is 5.97 Å². The van der Waals surface area contributed by atoms with Gasteiger partial charge in [0.1, 0.15) is 5.82 Å². The van der Waals surface area contributed by atoms with Crippen molar-refractivity contribution >= 4 is 29.3 Å². The minimum absolute atomic E-state index is 0.0844. The fourth-order valence-corrected chi connectivity index (χ4v) is 2.62. The van der Waals surface area contributed by atoms with Crippen LogP contribution in [0.1, 0.15) is 26.3 Å². The van der Waals surface area contributed by atoms with Crippen LogP contribution in [0.25, 0.3) is 0 Å². The summed E-state index contributed by atoms with van der Waals surface area (Å²) in [6, 6.07) is 18.0. The lowest BCUT2D eigenvalue weighted by Gasteiger charge is -2.09. The van der Waals surface area contributed by atoms with E-state index >= 15 is 0 Å². The van der Waals surface area contributed by atoms with E-state index in [0.717, 1.165) is 0 Å². The van der Waals surface area contributed by atoms with Crippen LogP contribution in [0, 0.1) is 0 Å². The molecule has 7 nitrogen and oxygen atoms in total. The average Bonchev–Trinajstić information content (AvgIpc) is 2.69. The summed E-state index contributed by atoms with van der Waals surface area (Å²) in [4.78, 5) is 39.9. The highest BCUT2D eigenvalue weighted by molar-refractivity contribution is 6.05. The highest BCUT2D eigenvalue weighted by atomic mass is 16.4. The van der Waals surface area contributed by atoms with Crippen LogP contribution >= 0.6 is 0 Å². The summed E-state index contributed by atoms with van der Waals surface area (Å²) < 4.78 is 0. The number of carbonyl (C=O) groups excluding carboxylic acids is 2. The standard InChI is InChI=1S/C21H17N3O4/c25-19(13-14-6-1-2-9-17(14)21(27)28)23-16-8-5-7-15(12-16)20(26)24-18-10-3-4-11-22-18/h1-12H,13H2,(H,23,25)(H,27,28)(H,22,24,26). The predicted molar refractivity (Wildman–Crippen MR) is 104 cm³/mol. The maximum atomic E-state index is 12.3. The molecule has 2 aromatic carbocycles. The van der Waals surface area contributed by atoms with Crippen molar-refractivity contribution in [2.24, 2.45) is 0 Å². The van der Waals surface area contributed by atoms with Crippen molar-refractivity contribution in [2.75, 3.05) is 10.6 Å². The summed E-state index contributed by atoms with van der Waals surface area (Å²) in [5.74, 6) is -1.40. The van der Waals surface area contributed by atoms with Crippen molar-refractivity contribution in [3.8, 4) is 0 Å². The van der Waals surface area contributed by atoms with E-state index in [-0.39, 0.29) is 23.8 Å². The maximum Gasteiger partial charge on any atom is 0.335 e. The van der Waals surface area contributed by atoms with Gasteiger partial charge in [0.15, 0.2) is 0 Å². The molecule has 2 amide bonds. The Morgan fingerprint density at radius 3 is 2.43 bits per heavy atom. The number of anilines is 2. The molecule has 3 rings (SSSR count). The number of nitrogens with zero attached hydrogens (tertiary/aromatic N) is 1. The van der Waals surface area contributed by atoms with Crippen LogP contribution in [-0.2, 0) is 11.2 Å². The van der Waals surface area contributed by atoms with Crippen LogP contribution in [0.2, 0.25) is 0 Å². The molecule has 3 N–H and O–H groups in total. The molecule has 0 saturated carbocycles. The number of nitrogens with one attached hydrogen (secondary N) is 2. The van der Waals surface area contributed by atoms with Gasteiger partial charge in [0.25, 0.3) is 5.91 Å². The highest BCUT2D eigenvalue weighted by Crippen LogP contribution is 2.15. The van der Waals surface area contributed by atoms with Gasteiger partial charge in [0.05, 0.1) is 12.0 Å². The topological polar surface area (TPSA) is 108 Å². The number of carboxylic acid groups (broad SMARTS) is 1. The van der Waals surface area contributed by atoms with Gasteiger partial charge in [-0.15, -0.1) is 0 Å². The van der Waals surface area contributed by atoms with Gasteiger partial charge in [-0.05, 0) is 42.0 Å². The summed E-state index contributed by atoms with van der Waals surface area (Å²) in [6.45, 7) is 0. The maximum absolute atomic E-state index is 12.3. The fourth-order valence-electron chi connectivity index (χ4n) is 2.62. The van der Waals surface area contributed by atoms with Crippen LogP contribution in [0.5, 0.6) is 0 Å². The van der Waals surface area contributed by atoms with Gasteiger partial charge in [0.2, 0.25) is 5.91 Å². The van der Waals surface area contributed by atoms with E-state index in [1.807, 2.05) is 0 Å². The first-order valence-electron chi connectivity index (χ1n) is 8.46. The van der Waals surface area contributed by atoms with E-state index < -0.39 is 5.97 Å². The number of aromatic carboxylic acids is 1. The first-order chi connectivity index (χ1) is 13.5. The molecule has 0 bridgehead atoms. The minimum Gasteiger partial charge on any atom is -0.478 e. The first-order valence-corrected chi connectivity index (χ1v) is 8.46. The SMILES string of the molecule is O=C(Cc1ccccc1C(=O)O)Nc1cccc(C(=O)Nc2ccccn2)c1. The van der Waals surface area contributed by atoms with Gasteiger partial charge in [-0.3, -0.25) is 9.59 Å². The Labute approximate surface area is 161 Å². The molecule has 0 unspecified atom stereocenters. The molecule has 0 radical (unpaired) electrons. The van der Waals surface area contributed by atoms with Gasteiger partial charge in [-0.25, -0.2) is 9.78 Å². The molecule has 3 aromatic rings. The second-order valence-corrected chi connectivity index (χ2v) is 5.94. The molecule has 1 heterocycles. The van der Waals surface area contributed by atoms with Crippen LogP contribution in [0.15, 0.2) is 72.9 Å². The third kappa shape index (κ3) is 4.79. The molecule has 28 heavy (non-hydrogen) atoms. The molecule has 1 aromatic heterocycles. The van der Waals surface area contributed by atoms with Crippen molar-refractivity contribution < 1.29 is 19.5 Å². The highest BCUT2D eigenvalue weighted by Gasteiger charge is 2.13. The molecular weight excluding hydrogens is 358 g/mol. The second-order valence-electron chi connectivity index (χ2n) is 5.94. The Balaban J connectivity index is 1.68. The average molecular weight is 375 g/mol. The van der Waals surface area contributed by atoms with Gasteiger partial charge < -0.3 is 15.7 Å². The zero-order valence-electron chi connectivity index (χ0n) is 14.8. The lowest BCUT2D eigenvalue weighted by molar-refractivity contribution is -0.115. The smallest absolute Gasteiger partial charge is 0.335 e. The number of aromatic nitrogens is 1. The Hall–Kier alpha value is -4.00. The molecule has 0 saturated heterocycles. The number of hydrogen-bond acceptors (Lipinski definition) is 4. The molecule has 0 aliphatic heterocycles. The minimum atomic E-state index is -1.09. The number of amides is 2. The monoisotopic (exact) mass is 375 g/mol. The van der Waals surface area contributed by atoms with Crippen molar-refractivity contribution in [3.05, 3.63) is 89.6 Å². The van der Waals surface area contributed by atoms with E-state index in [9.17, 15) is 19.5 Å². The van der Waals surface area contributed by atoms with Crippen molar-refractivity contribution in [2.45, 2.75) is 6.42 Å². The summed E-state index contributed by atoms with van der Waals surface area (Å²) in [6.07, 6.45) is 1.48. The van der Waals surface area contributed by atoms with Crippen molar-refractivity contribution in [3.63, 3.8) is 0 Å². The van der Waals surface area contributed by atoms with Gasteiger partial charge in [-0.2, -0.15) is 0 Å². The van der Waals surface area contributed by atoms with Crippen molar-refractivity contribution in [1.82, 2.24) is 4.98 Å². The van der Waals surface area contributed by atoms with Gasteiger partial charge in [0, 0.05) is 17.4 Å². The quantitative estimate of drug-likeness (QED) is 0.613. The number of rotatable bonds is 6. The lowest BCUT2D eigenvalue weighted by atomic mass is 10.0. The van der Waals surface area contributed by atoms with Crippen LogP contribution < -0.4 is 10.6 Å². The third-order valence-electron chi connectivity index (χ3n) is 3.91. The summed E-state index contributed by atoms with van der Waals surface area (Å²) >= 11 is 0. The normalized spacial score (nSPS) is 10.1. The van der Waals surface area contributed by atoms with E-state index in [4.69, 9.17) is 0 Å². The number of pyridine rings is 1. The van der Waals surface area contributed by atoms with E-state index in [0.29, 0.717) is 22.6 Å². The first kappa shape index (κ1) is 18.8.